The standard InChI is InChI=1S/C16H24O4/c1-7-5-8(2)14-11(6-7)19-15-9(3)12(17)13(18)10(4)16(15)20-14/h7-11,14-16H,5-6H2,1-4H3. The van der Waals surface area contributed by atoms with E-state index in [4.69, 9.17) is 9.47 Å². The molecular weight excluding hydrogens is 256 g/mol. The highest BCUT2D eigenvalue weighted by molar-refractivity contribution is 6.39. The number of fused-ring (bicyclic) bond motifs is 2. The van der Waals surface area contributed by atoms with Crippen LogP contribution in [0.15, 0.2) is 0 Å². The molecule has 2 aliphatic carbocycles. The average Bonchev–Trinajstić information content (AvgIpc) is 2.41. The Balaban J connectivity index is 1.85. The molecule has 8 atom stereocenters. The van der Waals surface area contributed by atoms with Gasteiger partial charge in [0.05, 0.1) is 36.3 Å². The minimum atomic E-state index is -0.379. The number of hydrogen-bond donors (Lipinski definition) is 0. The van der Waals surface area contributed by atoms with Gasteiger partial charge in [-0.3, -0.25) is 9.59 Å². The number of carbonyl (C=O) groups is 2. The monoisotopic (exact) mass is 280 g/mol. The highest BCUT2D eigenvalue weighted by Gasteiger charge is 2.54. The summed E-state index contributed by atoms with van der Waals surface area (Å²) in [7, 11) is 0. The van der Waals surface area contributed by atoms with E-state index in [1.54, 1.807) is 13.8 Å². The third-order valence-corrected chi connectivity index (χ3v) is 5.36. The van der Waals surface area contributed by atoms with Crippen molar-refractivity contribution in [3.8, 4) is 0 Å². The van der Waals surface area contributed by atoms with E-state index in [2.05, 4.69) is 13.8 Å². The molecule has 0 N–H and O–H groups in total. The summed E-state index contributed by atoms with van der Waals surface area (Å²) in [6.07, 6.45) is 1.76. The molecule has 8 unspecified atom stereocenters. The molecule has 3 fully saturated rings. The Morgan fingerprint density at radius 1 is 0.800 bits per heavy atom. The third kappa shape index (κ3) is 2.04. The fourth-order valence-corrected chi connectivity index (χ4v) is 4.21. The van der Waals surface area contributed by atoms with Crippen LogP contribution in [-0.4, -0.2) is 36.0 Å². The van der Waals surface area contributed by atoms with Gasteiger partial charge >= 0.3 is 0 Å². The van der Waals surface area contributed by atoms with Crippen molar-refractivity contribution in [2.45, 2.75) is 65.0 Å². The Morgan fingerprint density at radius 3 is 1.95 bits per heavy atom. The second-order valence-electron chi connectivity index (χ2n) is 7.06. The second-order valence-corrected chi connectivity index (χ2v) is 7.06. The predicted molar refractivity (Wildman–Crippen MR) is 73.2 cm³/mol. The summed E-state index contributed by atoms with van der Waals surface area (Å²) in [6, 6.07) is 0. The van der Waals surface area contributed by atoms with Gasteiger partial charge in [-0.05, 0) is 24.7 Å². The molecule has 20 heavy (non-hydrogen) atoms. The van der Waals surface area contributed by atoms with Crippen LogP contribution in [0.1, 0.15) is 40.5 Å². The van der Waals surface area contributed by atoms with Gasteiger partial charge in [0.15, 0.2) is 0 Å². The van der Waals surface area contributed by atoms with E-state index in [0.717, 1.165) is 12.8 Å². The number of carbonyl (C=O) groups excluding carboxylic acids is 2. The van der Waals surface area contributed by atoms with Crippen molar-refractivity contribution < 1.29 is 19.1 Å². The number of ketones is 2. The first-order chi connectivity index (χ1) is 9.40. The van der Waals surface area contributed by atoms with Gasteiger partial charge in [0.1, 0.15) is 0 Å². The lowest BCUT2D eigenvalue weighted by atomic mass is 9.73. The van der Waals surface area contributed by atoms with Crippen LogP contribution in [-0.2, 0) is 19.1 Å². The van der Waals surface area contributed by atoms with Crippen LogP contribution in [0.4, 0.5) is 0 Å². The van der Waals surface area contributed by atoms with Crippen LogP contribution < -0.4 is 0 Å². The molecule has 3 rings (SSSR count). The minimum Gasteiger partial charge on any atom is -0.369 e. The molecule has 112 valence electrons. The fourth-order valence-electron chi connectivity index (χ4n) is 4.21. The summed E-state index contributed by atoms with van der Waals surface area (Å²) in [5, 5.41) is 0. The molecule has 0 amide bonds. The van der Waals surface area contributed by atoms with E-state index >= 15 is 0 Å². The largest absolute Gasteiger partial charge is 0.369 e. The molecule has 0 bridgehead atoms. The van der Waals surface area contributed by atoms with E-state index in [1.807, 2.05) is 0 Å². The van der Waals surface area contributed by atoms with Gasteiger partial charge < -0.3 is 9.47 Å². The van der Waals surface area contributed by atoms with Gasteiger partial charge in [-0.2, -0.15) is 0 Å². The number of ether oxygens (including phenoxy) is 2. The Bertz CT molecular complexity index is 432. The number of Topliss-reactive ketones (excluding diaryl/α,β-unsaturated/α-hetero) is 2. The van der Waals surface area contributed by atoms with Crippen LogP contribution in [0.5, 0.6) is 0 Å². The first-order valence-corrected chi connectivity index (χ1v) is 7.79. The number of hydrogen-bond acceptors (Lipinski definition) is 4. The van der Waals surface area contributed by atoms with Gasteiger partial charge in [-0.25, -0.2) is 0 Å². The van der Waals surface area contributed by atoms with Crippen LogP contribution in [0.3, 0.4) is 0 Å². The first-order valence-electron chi connectivity index (χ1n) is 7.79. The average molecular weight is 280 g/mol. The van der Waals surface area contributed by atoms with Crippen molar-refractivity contribution >= 4 is 11.6 Å². The zero-order valence-corrected chi connectivity index (χ0v) is 12.7. The van der Waals surface area contributed by atoms with E-state index < -0.39 is 0 Å². The van der Waals surface area contributed by atoms with Crippen molar-refractivity contribution in [1.29, 1.82) is 0 Å². The van der Waals surface area contributed by atoms with Crippen LogP contribution >= 0.6 is 0 Å². The Hall–Kier alpha value is -0.740. The zero-order chi connectivity index (χ0) is 14.6. The van der Waals surface area contributed by atoms with Gasteiger partial charge in [0.25, 0.3) is 0 Å². The van der Waals surface area contributed by atoms with Gasteiger partial charge in [-0.1, -0.05) is 27.7 Å². The molecule has 1 heterocycles. The molecule has 0 aromatic carbocycles. The fraction of sp³-hybridized carbons (Fsp3) is 0.875. The van der Waals surface area contributed by atoms with Gasteiger partial charge in [0.2, 0.25) is 11.6 Å². The smallest absolute Gasteiger partial charge is 0.204 e. The molecule has 4 nitrogen and oxygen atoms in total. The summed E-state index contributed by atoms with van der Waals surface area (Å²) in [5.74, 6) is -0.274. The molecular formula is C16H24O4. The Morgan fingerprint density at radius 2 is 1.35 bits per heavy atom. The first kappa shape index (κ1) is 14.2. The molecule has 1 saturated heterocycles. The van der Waals surface area contributed by atoms with Crippen molar-refractivity contribution in [2.75, 3.05) is 0 Å². The molecule has 2 saturated carbocycles. The summed E-state index contributed by atoms with van der Waals surface area (Å²) in [4.78, 5) is 24.0. The molecule has 1 aliphatic heterocycles. The zero-order valence-electron chi connectivity index (χ0n) is 12.7. The molecule has 0 radical (unpaired) electrons. The van der Waals surface area contributed by atoms with Crippen molar-refractivity contribution in [3.63, 3.8) is 0 Å². The predicted octanol–water partition coefficient (Wildman–Crippen LogP) is 2.00. The Kier molecular flexibility index (Phi) is 3.49. The molecule has 3 aliphatic rings. The lowest BCUT2D eigenvalue weighted by Crippen LogP contribution is -2.63. The van der Waals surface area contributed by atoms with E-state index in [9.17, 15) is 9.59 Å². The summed E-state index contributed by atoms with van der Waals surface area (Å²) in [5.41, 5.74) is 0. The molecule has 4 heteroatoms. The van der Waals surface area contributed by atoms with Crippen molar-refractivity contribution in [2.24, 2.45) is 23.7 Å². The topological polar surface area (TPSA) is 52.6 Å². The van der Waals surface area contributed by atoms with Gasteiger partial charge in [-0.15, -0.1) is 0 Å². The summed E-state index contributed by atoms with van der Waals surface area (Å²) >= 11 is 0. The van der Waals surface area contributed by atoms with Crippen LogP contribution in [0, 0.1) is 23.7 Å². The van der Waals surface area contributed by atoms with E-state index in [-0.39, 0.29) is 47.8 Å². The minimum absolute atomic E-state index is 0.0723. The summed E-state index contributed by atoms with van der Waals surface area (Å²) < 4.78 is 12.5. The van der Waals surface area contributed by atoms with Crippen LogP contribution in [0.25, 0.3) is 0 Å². The normalized spacial score (nSPS) is 52.4. The molecule has 0 spiro atoms. The maximum Gasteiger partial charge on any atom is 0.204 e. The maximum absolute atomic E-state index is 12.0. The summed E-state index contributed by atoms with van der Waals surface area (Å²) in [6.45, 7) is 8.03. The SMILES string of the molecule is CC1CC(C)C2OC3C(C)C(=O)C(=O)C(C)C3OC2C1. The molecule has 0 aromatic heterocycles. The second kappa shape index (κ2) is 4.92. The lowest BCUT2D eigenvalue weighted by Gasteiger charge is -2.51. The highest BCUT2D eigenvalue weighted by atomic mass is 16.6. The van der Waals surface area contributed by atoms with E-state index in [0.29, 0.717) is 11.8 Å². The lowest BCUT2D eigenvalue weighted by molar-refractivity contribution is -0.268. The van der Waals surface area contributed by atoms with E-state index in [1.165, 1.54) is 0 Å². The highest BCUT2D eigenvalue weighted by Crippen LogP contribution is 2.42. The van der Waals surface area contributed by atoms with Gasteiger partial charge in [0, 0.05) is 0 Å². The number of rotatable bonds is 0. The van der Waals surface area contributed by atoms with Crippen molar-refractivity contribution in [1.82, 2.24) is 0 Å². The molecule has 0 aromatic rings. The maximum atomic E-state index is 12.0. The Labute approximate surface area is 120 Å². The third-order valence-electron chi connectivity index (χ3n) is 5.36. The van der Waals surface area contributed by atoms with Crippen molar-refractivity contribution in [3.05, 3.63) is 0 Å². The quantitative estimate of drug-likeness (QED) is 0.637. The van der Waals surface area contributed by atoms with Crippen LogP contribution in [0.2, 0.25) is 0 Å².